The average Bonchev–Trinajstić information content (AvgIpc) is 2.20. The van der Waals surface area contributed by atoms with Gasteiger partial charge in [0.25, 0.3) is 0 Å². The van der Waals surface area contributed by atoms with Gasteiger partial charge in [-0.15, -0.1) is 0 Å². The monoisotopic (exact) mass is 584 g/mol. The molecular weight excluding hydrogens is 536 g/mol. The fraction of sp³-hybridized carbons (Fsp3) is 1.00. The second-order valence-electron chi connectivity index (χ2n) is 12.2. The molecule has 4 radical (unpaired) electrons. The molecule has 0 aromatic heterocycles. The molecule has 0 saturated carbocycles. The molecule has 25 heavy (non-hydrogen) atoms. The van der Waals surface area contributed by atoms with Crippen LogP contribution in [0.25, 0.3) is 0 Å². The van der Waals surface area contributed by atoms with E-state index in [4.69, 9.17) is 0 Å². The van der Waals surface area contributed by atoms with Gasteiger partial charge in [0.05, 0.1) is 0 Å². The number of rotatable bonds is 6. The summed E-state index contributed by atoms with van der Waals surface area (Å²) < 4.78 is 0. The normalized spacial score (nSPS) is 14.5. The van der Waals surface area contributed by atoms with E-state index in [1.54, 1.807) is 0 Å². The van der Waals surface area contributed by atoms with Crippen molar-refractivity contribution in [2.24, 2.45) is 0 Å². The van der Waals surface area contributed by atoms with Gasteiger partial charge in [-0.25, -0.2) is 0 Å². The molecule has 0 saturated heterocycles. The van der Waals surface area contributed by atoms with E-state index in [-0.39, 0.29) is 21.0 Å². The Morgan fingerprint density at radius 2 is 0.720 bits per heavy atom. The quantitative estimate of drug-likeness (QED) is 0.341. The van der Waals surface area contributed by atoms with Crippen molar-refractivity contribution in [1.29, 1.82) is 0 Å². The summed E-state index contributed by atoms with van der Waals surface area (Å²) in [5.41, 5.74) is 0. The Balaban J connectivity index is 0. The molecule has 0 bridgehead atoms. The van der Waals surface area contributed by atoms with Gasteiger partial charge in [-0.2, -0.15) is 0 Å². The zero-order chi connectivity index (χ0) is 21.2. The van der Waals surface area contributed by atoms with Gasteiger partial charge in [0.15, 0.2) is 0 Å². The van der Waals surface area contributed by atoms with E-state index in [0.717, 1.165) is 0 Å². The molecule has 0 heterocycles. The van der Waals surface area contributed by atoms with Crippen LogP contribution < -0.4 is 0 Å². The summed E-state index contributed by atoms with van der Waals surface area (Å²) in [6.07, 6.45) is 0. The first-order valence-electron chi connectivity index (χ1n) is 9.75. The van der Waals surface area contributed by atoms with Crippen molar-refractivity contribution in [2.75, 3.05) is 0 Å². The molecule has 0 unspecified atom stereocenters. The molecule has 0 N–H and O–H groups in total. The molecule has 0 aromatic carbocycles. The molecule has 0 amide bonds. The molecule has 0 rings (SSSR count). The summed E-state index contributed by atoms with van der Waals surface area (Å²) in [7, 11) is -4.81. The predicted octanol–water partition coefficient (Wildman–Crippen LogP) is 5.91. The molecular formula is C16H48Si8Sn. The van der Waals surface area contributed by atoms with Crippen LogP contribution >= 0.6 is 0 Å². The third-order valence-electron chi connectivity index (χ3n) is 5.06. The van der Waals surface area contributed by atoms with E-state index in [9.17, 15) is 0 Å². The fourth-order valence-electron chi connectivity index (χ4n) is 4.56. The molecule has 0 spiro atoms. The minimum Gasteiger partial charge on any atom is -0.0715 e. The molecule has 0 fully saturated rings. The van der Waals surface area contributed by atoms with E-state index in [2.05, 4.69) is 105 Å². The Bertz CT molecular complexity index is 422. The molecule has 148 valence electrons. The van der Waals surface area contributed by atoms with Crippen molar-refractivity contribution >= 4 is 79.2 Å². The van der Waals surface area contributed by atoms with E-state index < -0.39 is 37.0 Å². The van der Waals surface area contributed by atoms with E-state index >= 15 is 0 Å². The van der Waals surface area contributed by atoms with Crippen LogP contribution in [0.4, 0.5) is 0 Å². The molecule has 0 aromatic rings. The van der Waals surface area contributed by atoms with Crippen molar-refractivity contribution in [3.8, 4) is 0 Å². The van der Waals surface area contributed by atoms with Gasteiger partial charge < -0.3 is 0 Å². The van der Waals surface area contributed by atoms with Crippen LogP contribution in [0, 0.1) is 0 Å². The summed E-state index contributed by atoms with van der Waals surface area (Å²) in [4.78, 5) is -0.00259. The Morgan fingerprint density at radius 1 is 0.480 bits per heavy atom. The maximum atomic E-state index is 2.89. The Kier molecular flexibility index (Phi) is 11.9. The molecule has 0 aliphatic heterocycles. The minimum absolute atomic E-state index is 0.00259. The van der Waals surface area contributed by atoms with Gasteiger partial charge >= 0.3 is 156 Å². The molecule has 0 aliphatic carbocycles. The van der Waals surface area contributed by atoms with Crippen molar-refractivity contribution in [1.82, 2.24) is 0 Å². The maximum absolute atomic E-state index is 2.89. The van der Waals surface area contributed by atoms with Crippen LogP contribution in [0.1, 0.15) is 0 Å². The second-order valence-corrected chi connectivity index (χ2v) is 94.6. The SMILES string of the molecule is C[Si](C)(C)[Si]([Si](C)(C)C)[Si](C)(C)[Si](C)(C)[Si](=[Sn])[Si](C)(C)C.C[Si](C)C. The zero-order valence-electron chi connectivity index (χ0n) is 20.5. The average molecular weight is 584 g/mol. The summed E-state index contributed by atoms with van der Waals surface area (Å²) in [5, 5.41) is 0. The summed E-state index contributed by atoms with van der Waals surface area (Å²) in [6.45, 7) is 42.7. The van der Waals surface area contributed by atoms with E-state index in [0.29, 0.717) is 0 Å². The minimum atomic E-state index is -1.04. The van der Waals surface area contributed by atoms with E-state index in [1.807, 2.05) is 21.2 Å². The summed E-state index contributed by atoms with van der Waals surface area (Å²) in [5.74, 6) is 0. The largest absolute Gasteiger partial charge is 0.0715 e. The van der Waals surface area contributed by atoms with E-state index in [1.165, 1.54) is 0 Å². The summed E-state index contributed by atoms with van der Waals surface area (Å²) in [6, 6.07) is 0. The van der Waals surface area contributed by atoms with Gasteiger partial charge in [-0.1, -0.05) is 19.6 Å². The van der Waals surface area contributed by atoms with Crippen LogP contribution in [-0.4, -0.2) is 79.2 Å². The first-order valence-corrected chi connectivity index (χ1v) is 42.5. The number of hydrogen-bond donors (Lipinski definition) is 0. The van der Waals surface area contributed by atoms with Crippen LogP contribution in [0.5, 0.6) is 0 Å². The third kappa shape index (κ3) is 9.26. The van der Waals surface area contributed by atoms with Gasteiger partial charge in [0, 0.05) is 8.80 Å². The van der Waals surface area contributed by atoms with Crippen molar-refractivity contribution in [2.45, 2.75) is 105 Å². The Morgan fingerprint density at radius 3 is 0.880 bits per heavy atom. The van der Waals surface area contributed by atoms with Gasteiger partial charge in [-0.3, -0.25) is 0 Å². The van der Waals surface area contributed by atoms with Gasteiger partial charge in [0.2, 0.25) is 0 Å². The predicted molar refractivity (Wildman–Crippen MR) is 146 cm³/mol. The smallest absolute Gasteiger partial charge is 0.0379 e. The Labute approximate surface area is 182 Å². The van der Waals surface area contributed by atoms with Crippen LogP contribution in [0.3, 0.4) is 0 Å². The second kappa shape index (κ2) is 10.0. The first kappa shape index (κ1) is 29.7. The fourth-order valence-corrected chi connectivity index (χ4v) is 229. The van der Waals surface area contributed by atoms with Crippen molar-refractivity contribution in [3.63, 3.8) is 0 Å². The zero-order valence-corrected chi connectivity index (χ0v) is 31.4. The standard InChI is InChI=1S/C13H39Si7.C3H9Si.Sn/c1-16(2,3)14-19(10,11)20(12,13)15(17(4,5)6)18(7,8)9;1-4(2)3;/h1-13H3;1-3H3;. The van der Waals surface area contributed by atoms with Gasteiger partial charge in [-0.05, 0) is 0 Å². The Hall–Kier alpha value is 2.53. The van der Waals surface area contributed by atoms with Crippen molar-refractivity contribution in [3.05, 3.63) is 0 Å². The molecule has 0 atom stereocenters. The van der Waals surface area contributed by atoms with Crippen LogP contribution in [0.15, 0.2) is 0 Å². The maximum Gasteiger partial charge on any atom is 0.0379 e. The third-order valence-corrected chi connectivity index (χ3v) is 163. The first-order chi connectivity index (χ1) is 10.5. The van der Waals surface area contributed by atoms with Crippen LogP contribution in [-0.2, 0) is 0 Å². The molecule has 0 aliphatic rings. The summed E-state index contributed by atoms with van der Waals surface area (Å²) >= 11 is 1.98. The number of hydrogen-bond acceptors (Lipinski definition) is 0. The molecule has 9 heteroatoms. The van der Waals surface area contributed by atoms with Crippen molar-refractivity contribution < 1.29 is 0 Å². The van der Waals surface area contributed by atoms with Gasteiger partial charge in [0.1, 0.15) is 0 Å². The van der Waals surface area contributed by atoms with Crippen LogP contribution in [0.2, 0.25) is 105 Å². The topological polar surface area (TPSA) is 0 Å². The molecule has 0 nitrogen and oxygen atoms in total.